The zero-order valence-electron chi connectivity index (χ0n) is 14.0. The molecule has 1 saturated heterocycles. The molecular weight excluding hydrogens is 411 g/mol. The molecule has 1 heterocycles. The SMILES string of the molecule is CS(=O)(=O)N[C@H]1CCN(C(=O)C2CCC2)[C@H]1Cc1ccc(F)c(Br)c1. The fourth-order valence-corrected chi connectivity index (χ4v) is 4.84. The second-order valence-corrected chi connectivity index (χ2v) is 9.60. The van der Waals surface area contributed by atoms with E-state index in [1.807, 2.05) is 4.90 Å². The van der Waals surface area contributed by atoms with E-state index in [9.17, 15) is 17.6 Å². The van der Waals surface area contributed by atoms with Crippen LogP contribution < -0.4 is 4.72 Å². The van der Waals surface area contributed by atoms with Crippen LogP contribution in [0, 0.1) is 11.7 Å². The Labute approximate surface area is 156 Å². The molecule has 1 aliphatic carbocycles. The Hall–Kier alpha value is -0.990. The van der Waals surface area contributed by atoms with E-state index in [-0.39, 0.29) is 29.7 Å². The monoisotopic (exact) mass is 432 g/mol. The van der Waals surface area contributed by atoms with E-state index in [4.69, 9.17) is 0 Å². The number of rotatable bonds is 5. The van der Waals surface area contributed by atoms with Crippen molar-refractivity contribution in [3.05, 3.63) is 34.1 Å². The molecule has 1 aromatic rings. The van der Waals surface area contributed by atoms with Crippen molar-refractivity contribution in [3.63, 3.8) is 0 Å². The van der Waals surface area contributed by atoms with Crippen LogP contribution >= 0.6 is 15.9 Å². The second-order valence-electron chi connectivity index (χ2n) is 6.96. The molecule has 1 aromatic carbocycles. The lowest BCUT2D eigenvalue weighted by atomic mass is 9.84. The van der Waals surface area contributed by atoms with Gasteiger partial charge in [-0.05, 0) is 59.3 Å². The molecule has 1 saturated carbocycles. The van der Waals surface area contributed by atoms with E-state index in [1.165, 1.54) is 6.07 Å². The highest BCUT2D eigenvalue weighted by Gasteiger charge is 2.41. The van der Waals surface area contributed by atoms with Gasteiger partial charge in [-0.15, -0.1) is 0 Å². The molecule has 0 unspecified atom stereocenters. The number of amides is 1. The lowest BCUT2D eigenvalue weighted by Crippen LogP contribution is -2.49. The number of carbonyl (C=O) groups excluding carboxylic acids is 1. The summed E-state index contributed by atoms with van der Waals surface area (Å²) in [5, 5.41) is 0. The normalized spacial score (nSPS) is 24.4. The van der Waals surface area contributed by atoms with Crippen LogP contribution in [0.25, 0.3) is 0 Å². The van der Waals surface area contributed by atoms with Crippen LogP contribution in [0.15, 0.2) is 22.7 Å². The van der Waals surface area contributed by atoms with Crippen LogP contribution in [0.2, 0.25) is 0 Å². The minimum Gasteiger partial charge on any atom is -0.337 e. The smallest absolute Gasteiger partial charge is 0.225 e. The van der Waals surface area contributed by atoms with Crippen LogP contribution in [0.5, 0.6) is 0 Å². The Morgan fingerprint density at radius 3 is 2.64 bits per heavy atom. The maximum atomic E-state index is 13.5. The molecule has 2 aliphatic rings. The Morgan fingerprint density at radius 2 is 2.08 bits per heavy atom. The highest BCUT2D eigenvalue weighted by Crippen LogP contribution is 2.32. The quantitative estimate of drug-likeness (QED) is 0.776. The highest BCUT2D eigenvalue weighted by molar-refractivity contribution is 9.10. The summed E-state index contributed by atoms with van der Waals surface area (Å²) in [7, 11) is -3.37. The van der Waals surface area contributed by atoms with Crippen LogP contribution in [0.4, 0.5) is 4.39 Å². The minimum absolute atomic E-state index is 0.0689. The van der Waals surface area contributed by atoms with Crippen LogP contribution in [0.3, 0.4) is 0 Å². The summed E-state index contributed by atoms with van der Waals surface area (Å²) in [5.74, 6) is -0.155. The third-order valence-electron chi connectivity index (χ3n) is 5.08. The van der Waals surface area contributed by atoms with Crippen molar-refractivity contribution in [2.45, 2.75) is 44.2 Å². The number of likely N-dealkylation sites (tertiary alicyclic amines) is 1. The lowest BCUT2D eigenvalue weighted by Gasteiger charge is -2.34. The highest BCUT2D eigenvalue weighted by atomic mass is 79.9. The third kappa shape index (κ3) is 4.41. The summed E-state index contributed by atoms with van der Waals surface area (Å²) < 4.78 is 39.9. The first-order chi connectivity index (χ1) is 11.7. The number of sulfonamides is 1. The Morgan fingerprint density at radius 1 is 1.36 bits per heavy atom. The van der Waals surface area contributed by atoms with Crippen LogP contribution in [0.1, 0.15) is 31.2 Å². The van der Waals surface area contributed by atoms with Gasteiger partial charge in [0.2, 0.25) is 15.9 Å². The molecule has 1 aliphatic heterocycles. The van der Waals surface area contributed by atoms with Gasteiger partial charge in [0.15, 0.2) is 0 Å². The zero-order chi connectivity index (χ0) is 18.2. The van der Waals surface area contributed by atoms with Crippen molar-refractivity contribution >= 4 is 31.9 Å². The number of nitrogens with one attached hydrogen (secondary N) is 1. The fourth-order valence-electron chi connectivity index (χ4n) is 3.59. The summed E-state index contributed by atoms with van der Waals surface area (Å²) in [6.07, 6.45) is 5.12. The molecule has 3 rings (SSSR count). The fraction of sp³-hybridized carbons (Fsp3) is 0.588. The number of nitrogens with zero attached hydrogens (tertiary/aromatic N) is 1. The van der Waals surface area contributed by atoms with E-state index >= 15 is 0 Å². The van der Waals surface area contributed by atoms with Gasteiger partial charge in [-0.1, -0.05) is 12.5 Å². The number of hydrogen-bond donors (Lipinski definition) is 1. The maximum Gasteiger partial charge on any atom is 0.225 e. The number of carbonyl (C=O) groups is 1. The van der Waals surface area contributed by atoms with E-state index < -0.39 is 10.0 Å². The van der Waals surface area contributed by atoms with Gasteiger partial charge in [0.05, 0.1) is 16.8 Å². The molecule has 2 fully saturated rings. The predicted molar refractivity (Wildman–Crippen MR) is 97.0 cm³/mol. The van der Waals surface area contributed by atoms with Crippen LogP contribution in [-0.4, -0.2) is 44.1 Å². The first kappa shape index (κ1) is 18.8. The van der Waals surface area contributed by atoms with Crippen molar-refractivity contribution in [1.29, 1.82) is 0 Å². The second kappa shape index (κ2) is 7.32. The average Bonchev–Trinajstić information content (AvgIpc) is 2.82. The summed E-state index contributed by atoms with van der Waals surface area (Å²) in [5.41, 5.74) is 0.867. The molecule has 25 heavy (non-hydrogen) atoms. The Bertz CT molecular complexity index is 767. The molecule has 8 heteroatoms. The van der Waals surface area contributed by atoms with E-state index in [2.05, 4.69) is 20.7 Å². The Balaban J connectivity index is 1.82. The predicted octanol–water partition coefficient (Wildman–Crippen LogP) is 2.45. The largest absolute Gasteiger partial charge is 0.337 e. The van der Waals surface area contributed by atoms with Gasteiger partial charge in [0.25, 0.3) is 0 Å². The summed E-state index contributed by atoms with van der Waals surface area (Å²) >= 11 is 3.18. The van der Waals surface area contributed by atoms with Gasteiger partial charge < -0.3 is 4.90 Å². The first-order valence-electron chi connectivity index (χ1n) is 8.46. The molecule has 5 nitrogen and oxygen atoms in total. The topological polar surface area (TPSA) is 66.5 Å². The lowest BCUT2D eigenvalue weighted by molar-refractivity contribution is -0.139. The van der Waals surface area contributed by atoms with E-state index in [1.54, 1.807) is 12.1 Å². The molecule has 1 N–H and O–H groups in total. The molecule has 0 spiro atoms. The standard InChI is InChI=1S/C17H22BrFN2O3S/c1-25(23,24)20-15-7-8-21(17(22)12-3-2-4-12)16(15)10-11-5-6-14(19)13(18)9-11/h5-6,9,12,15-16,20H,2-4,7-8,10H2,1H3/t15-,16-/m0/s1. The van der Waals surface area contributed by atoms with Gasteiger partial charge in [0, 0.05) is 18.5 Å². The summed E-state index contributed by atoms with van der Waals surface area (Å²) in [6.45, 7) is 0.551. The third-order valence-corrected chi connectivity index (χ3v) is 6.42. The summed E-state index contributed by atoms with van der Waals surface area (Å²) in [6, 6.07) is 4.19. The molecular formula is C17H22BrFN2O3S. The zero-order valence-corrected chi connectivity index (χ0v) is 16.4. The maximum absolute atomic E-state index is 13.5. The van der Waals surface area contributed by atoms with E-state index in [0.29, 0.717) is 23.9 Å². The van der Waals surface area contributed by atoms with Gasteiger partial charge >= 0.3 is 0 Å². The van der Waals surface area contributed by atoms with Gasteiger partial charge in [-0.2, -0.15) is 0 Å². The minimum atomic E-state index is -3.37. The molecule has 1 amide bonds. The summed E-state index contributed by atoms with van der Waals surface area (Å²) in [4.78, 5) is 14.6. The van der Waals surface area contributed by atoms with E-state index in [0.717, 1.165) is 31.1 Å². The molecule has 0 radical (unpaired) electrons. The van der Waals surface area contributed by atoms with Crippen molar-refractivity contribution in [1.82, 2.24) is 9.62 Å². The molecule has 0 aromatic heterocycles. The molecule has 138 valence electrons. The van der Waals surface area contributed by atoms with Crippen molar-refractivity contribution in [2.24, 2.45) is 5.92 Å². The number of benzene rings is 1. The number of hydrogen-bond acceptors (Lipinski definition) is 3. The van der Waals surface area contributed by atoms with Gasteiger partial charge in [-0.3, -0.25) is 4.79 Å². The van der Waals surface area contributed by atoms with Crippen molar-refractivity contribution in [3.8, 4) is 0 Å². The van der Waals surface area contributed by atoms with Crippen LogP contribution in [-0.2, 0) is 21.2 Å². The first-order valence-corrected chi connectivity index (χ1v) is 11.1. The van der Waals surface area contributed by atoms with Crippen molar-refractivity contribution in [2.75, 3.05) is 12.8 Å². The van der Waals surface area contributed by atoms with Crippen molar-refractivity contribution < 1.29 is 17.6 Å². The Kier molecular flexibility index (Phi) is 5.51. The van der Waals surface area contributed by atoms with Gasteiger partial charge in [-0.25, -0.2) is 17.5 Å². The molecule has 2 atom stereocenters. The van der Waals surface area contributed by atoms with Gasteiger partial charge in [0.1, 0.15) is 5.82 Å². The number of halogens is 2. The molecule has 0 bridgehead atoms. The average molecular weight is 433 g/mol.